The number of hydrogen-bond donors (Lipinski definition) is 1. The minimum Gasteiger partial charge on any atom is -0.387 e. The van der Waals surface area contributed by atoms with Crippen molar-refractivity contribution < 1.29 is 5.11 Å². The second-order valence-corrected chi connectivity index (χ2v) is 6.12. The van der Waals surface area contributed by atoms with Crippen molar-refractivity contribution in [2.75, 3.05) is 32.7 Å². The van der Waals surface area contributed by atoms with Gasteiger partial charge in [0.2, 0.25) is 0 Å². The van der Waals surface area contributed by atoms with Gasteiger partial charge in [0.1, 0.15) is 0 Å². The lowest BCUT2D eigenvalue weighted by Gasteiger charge is -2.49. The van der Waals surface area contributed by atoms with Gasteiger partial charge in [-0.2, -0.15) is 11.3 Å². The maximum Gasteiger partial charge on any atom is 0.0976 e. The normalized spacial score (nSPS) is 35.2. The van der Waals surface area contributed by atoms with Gasteiger partial charge in [-0.25, -0.2) is 0 Å². The third kappa shape index (κ3) is 1.84. The molecule has 2 atom stereocenters. The number of nitrogens with zero attached hydrogens (tertiary/aromatic N) is 2. The van der Waals surface area contributed by atoms with Gasteiger partial charge in [-0.1, -0.05) is 0 Å². The molecule has 3 nitrogen and oxygen atoms in total. The molecule has 2 unspecified atom stereocenters. The first-order valence-electron chi connectivity index (χ1n) is 5.62. The molecule has 88 valence electrons. The average Bonchev–Trinajstić information content (AvgIpc) is 2.76. The molecule has 0 radical (unpaired) electrons. The van der Waals surface area contributed by atoms with E-state index in [1.165, 1.54) is 0 Å². The van der Waals surface area contributed by atoms with Crippen molar-refractivity contribution in [2.45, 2.75) is 12.1 Å². The fraction of sp³-hybridized carbons (Fsp3) is 0.636. The Balaban J connectivity index is 1.80. The Kier molecular flexibility index (Phi) is 3.06. The van der Waals surface area contributed by atoms with Crippen LogP contribution in [0.4, 0.5) is 0 Å². The molecule has 2 bridgehead atoms. The van der Waals surface area contributed by atoms with Gasteiger partial charge in [0, 0.05) is 48.1 Å². The fourth-order valence-corrected chi connectivity index (χ4v) is 4.23. The number of piperazine rings is 3. The molecule has 5 heteroatoms. The summed E-state index contributed by atoms with van der Waals surface area (Å²) in [5.74, 6) is 0. The van der Waals surface area contributed by atoms with E-state index in [1.54, 1.807) is 11.3 Å². The van der Waals surface area contributed by atoms with Gasteiger partial charge < -0.3 is 5.11 Å². The van der Waals surface area contributed by atoms with Crippen molar-refractivity contribution in [1.82, 2.24) is 9.80 Å². The molecule has 1 aromatic rings. The molecule has 0 aliphatic carbocycles. The van der Waals surface area contributed by atoms with Crippen LogP contribution in [0.3, 0.4) is 0 Å². The lowest BCUT2D eigenvalue weighted by Crippen LogP contribution is -2.62. The molecule has 1 N–H and O–H groups in total. The highest BCUT2D eigenvalue weighted by Gasteiger charge is 2.37. The quantitative estimate of drug-likeness (QED) is 0.898. The van der Waals surface area contributed by atoms with Crippen molar-refractivity contribution in [3.63, 3.8) is 0 Å². The Bertz CT molecular complexity index is 376. The minimum atomic E-state index is -0.358. The summed E-state index contributed by atoms with van der Waals surface area (Å²) in [6.45, 7) is 5.53. The Labute approximate surface area is 108 Å². The van der Waals surface area contributed by atoms with Crippen molar-refractivity contribution >= 4 is 27.3 Å². The first-order valence-corrected chi connectivity index (χ1v) is 7.35. The molecule has 0 spiro atoms. The summed E-state index contributed by atoms with van der Waals surface area (Å²) in [5.41, 5.74) is 1.05. The predicted octanol–water partition coefficient (Wildman–Crippen LogP) is 1.54. The van der Waals surface area contributed by atoms with Crippen LogP contribution >= 0.6 is 27.3 Å². The largest absolute Gasteiger partial charge is 0.387 e. The van der Waals surface area contributed by atoms with Crippen LogP contribution in [0, 0.1) is 0 Å². The molecule has 16 heavy (non-hydrogen) atoms. The number of aliphatic hydroxyl groups excluding tert-OH is 1. The molecule has 1 aromatic heterocycles. The zero-order valence-corrected chi connectivity index (χ0v) is 11.4. The van der Waals surface area contributed by atoms with Crippen molar-refractivity contribution in [3.8, 4) is 0 Å². The average molecular weight is 303 g/mol. The van der Waals surface area contributed by atoms with E-state index >= 15 is 0 Å². The first-order chi connectivity index (χ1) is 7.75. The van der Waals surface area contributed by atoms with Crippen LogP contribution in [0.1, 0.15) is 11.7 Å². The number of hydrogen-bond acceptors (Lipinski definition) is 4. The smallest absolute Gasteiger partial charge is 0.0976 e. The van der Waals surface area contributed by atoms with E-state index < -0.39 is 0 Å². The van der Waals surface area contributed by atoms with Crippen LogP contribution in [0.15, 0.2) is 15.2 Å². The van der Waals surface area contributed by atoms with Gasteiger partial charge >= 0.3 is 0 Å². The lowest BCUT2D eigenvalue weighted by atomic mass is 9.98. The molecule has 4 rings (SSSR count). The molecule has 3 aliphatic rings. The SMILES string of the molecule is OC(c1cscc1Br)C1CN2CCN1CC2. The van der Waals surface area contributed by atoms with Gasteiger partial charge in [-0.3, -0.25) is 9.80 Å². The van der Waals surface area contributed by atoms with Gasteiger partial charge in [-0.05, 0) is 21.3 Å². The second kappa shape index (κ2) is 4.38. The maximum atomic E-state index is 10.4. The minimum absolute atomic E-state index is 0.272. The molecular formula is C11H15BrN2OS. The highest BCUT2D eigenvalue weighted by atomic mass is 79.9. The Morgan fingerprint density at radius 3 is 2.56 bits per heavy atom. The van der Waals surface area contributed by atoms with E-state index in [-0.39, 0.29) is 12.1 Å². The summed E-state index contributed by atoms with van der Waals surface area (Å²) < 4.78 is 1.04. The van der Waals surface area contributed by atoms with E-state index in [9.17, 15) is 5.11 Å². The zero-order chi connectivity index (χ0) is 11.1. The van der Waals surface area contributed by atoms with E-state index in [4.69, 9.17) is 0 Å². The van der Waals surface area contributed by atoms with Gasteiger partial charge in [0.05, 0.1) is 12.1 Å². The molecule has 3 saturated heterocycles. The van der Waals surface area contributed by atoms with Crippen molar-refractivity contribution in [1.29, 1.82) is 0 Å². The summed E-state index contributed by atoms with van der Waals surface area (Å²) in [5, 5.41) is 14.5. The van der Waals surface area contributed by atoms with Crippen LogP contribution in [0.25, 0.3) is 0 Å². The highest BCUT2D eigenvalue weighted by molar-refractivity contribution is 9.10. The van der Waals surface area contributed by atoms with E-state index in [0.717, 1.165) is 42.8 Å². The molecule has 3 aliphatic heterocycles. The van der Waals surface area contributed by atoms with E-state index in [1.807, 2.05) is 10.8 Å². The monoisotopic (exact) mass is 302 g/mol. The summed E-state index contributed by atoms with van der Waals surface area (Å²) in [6, 6.07) is 0.272. The molecule has 0 amide bonds. The van der Waals surface area contributed by atoms with E-state index in [0.29, 0.717) is 0 Å². The van der Waals surface area contributed by atoms with Gasteiger partial charge in [-0.15, -0.1) is 0 Å². The highest BCUT2D eigenvalue weighted by Crippen LogP contribution is 2.33. The standard InChI is InChI=1S/C11H15BrN2OS/c12-9-7-16-6-8(9)11(15)10-5-13-1-3-14(10)4-2-13/h6-7,10-11,15H,1-5H2. The topological polar surface area (TPSA) is 26.7 Å². The van der Waals surface area contributed by atoms with Crippen LogP contribution in [0.5, 0.6) is 0 Å². The van der Waals surface area contributed by atoms with Gasteiger partial charge in [0.15, 0.2) is 0 Å². The zero-order valence-electron chi connectivity index (χ0n) is 8.97. The van der Waals surface area contributed by atoms with E-state index in [2.05, 4.69) is 25.7 Å². The van der Waals surface area contributed by atoms with Crippen LogP contribution in [0.2, 0.25) is 0 Å². The lowest BCUT2D eigenvalue weighted by molar-refractivity contribution is -0.0471. The Morgan fingerprint density at radius 2 is 2.06 bits per heavy atom. The van der Waals surface area contributed by atoms with Crippen LogP contribution < -0.4 is 0 Å². The second-order valence-electron chi connectivity index (χ2n) is 4.52. The Hall–Kier alpha value is 0.0600. The van der Waals surface area contributed by atoms with Crippen molar-refractivity contribution in [3.05, 3.63) is 20.8 Å². The number of aliphatic hydroxyl groups is 1. The fourth-order valence-electron chi connectivity index (χ4n) is 2.67. The summed E-state index contributed by atoms with van der Waals surface area (Å²) in [6.07, 6.45) is -0.358. The number of thiophene rings is 1. The summed E-state index contributed by atoms with van der Waals surface area (Å²) in [7, 11) is 0. The number of rotatable bonds is 2. The molecule has 3 fully saturated rings. The third-order valence-corrected chi connectivity index (χ3v) is 5.40. The molecule has 0 saturated carbocycles. The van der Waals surface area contributed by atoms with Crippen molar-refractivity contribution in [2.24, 2.45) is 0 Å². The maximum absolute atomic E-state index is 10.4. The first kappa shape index (κ1) is 11.2. The molecular weight excluding hydrogens is 288 g/mol. The van der Waals surface area contributed by atoms with Crippen LogP contribution in [-0.2, 0) is 0 Å². The summed E-state index contributed by atoms with van der Waals surface area (Å²) >= 11 is 5.14. The number of fused-ring (bicyclic) bond motifs is 3. The third-order valence-electron chi connectivity index (χ3n) is 3.65. The molecule has 0 aromatic carbocycles. The van der Waals surface area contributed by atoms with Crippen LogP contribution in [-0.4, -0.2) is 53.7 Å². The molecule has 4 heterocycles. The Morgan fingerprint density at radius 1 is 1.31 bits per heavy atom. The van der Waals surface area contributed by atoms with Gasteiger partial charge in [0.25, 0.3) is 0 Å². The predicted molar refractivity (Wildman–Crippen MR) is 68.8 cm³/mol. The number of halogens is 1. The summed E-state index contributed by atoms with van der Waals surface area (Å²) in [4.78, 5) is 4.88.